The van der Waals surface area contributed by atoms with Gasteiger partial charge in [-0.2, -0.15) is 4.31 Å². The minimum atomic E-state index is -3.31. The van der Waals surface area contributed by atoms with E-state index in [1.165, 1.54) is 15.6 Å². The highest BCUT2D eigenvalue weighted by Gasteiger charge is 2.31. The molecular formula is C18H24N4O4S2. The van der Waals surface area contributed by atoms with Crippen LogP contribution in [0.3, 0.4) is 0 Å². The molecule has 28 heavy (non-hydrogen) atoms. The molecule has 2 heterocycles. The van der Waals surface area contributed by atoms with Crippen LogP contribution in [0.25, 0.3) is 0 Å². The number of amides is 2. The standard InChI is InChI=1S/C18H24N4O4S2/c1-4-26-15-8-6-5-7-13(15)19-17(23)21-18-20-14-9-10-22(11-16(14)27-18)28(24,25)12(2)3/h5-8,12H,4,9-11H2,1-3H3,(H2,19,20,21,23). The van der Waals surface area contributed by atoms with Gasteiger partial charge in [-0.05, 0) is 32.9 Å². The van der Waals surface area contributed by atoms with Gasteiger partial charge in [0.15, 0.2) is 5.13 Å². The second-order valence-electron chi connectivity index (χ2n) is 6.57. The Morgan fingerprint density at radius 3 is 2.79 bits per heavy atom. The first-order valence-electron chi connectivity index (χ1n) is 9.08. The maximum absolute atomic E-state index is 12.4. The van der Waals surface area contributed by atoms with Gasteiger partial charge >= 0.3 is 6.03 Å². The van der Waals surface area contributed by atoms with Crippen molar-refractivity contribution in [1.82, 2.24) is 9.29 Å². The van der Waals surface area contributed by atoms with E-state index in [1.807, 2.05) is 19.1 Å². The Bertz CT molecular complexity index is 956. The topological polar surface area (TPSA) is 101 Å². The SMILES string of the molecule is CCOc1ccccc1NC(=O)Nc1nc2c(s1)CN(S(=O)(=O)C(C)C)CC2. The zero-order valence-corrected chi connectivity index (χ0v) is 17.7. The minimum Gasteiger partial charge on any atom is -0.492 e. The van der Waals surface area contributed by atoms with Crippen molar-refractivity contribution in [3.63, 3.8) is 0 Å². The smallest absolute Gasteiger partial charge is 0.325 e. The Hall–Kier alpha value is -2.17. The highest BCUT2D eigenvalue weighted by Crippen LogP contribution is 2.30. The summed E-state index contributed by atoms with van der Waals surface area (Å²) in [7, 11) is -3.31. The molecule has 0 saturated carbocycles. The van der Waals surface area contributed by atoms with E-state index in [4.69, 9.17) is 4.74 Å². The van der Waals surface area contributed by atoms with Crippen LogP contribution in [0.1, 0.15) is 31.3 Å². The van der Waals surface area contributed by atoms with Crippen molar-refractivity contribution in [2.75, 3.05) is 23.8 Å². The van der Waals surface area contributed by atoms with Crippen molar-refractivity contribution < 1.29 is 17.9 Å². The molecule has 152 valence electrons. The lowest BCUT2D eigenvalue weighted by Crippen LogP contribution is -2.39. The molecule has 0 radical (unpaired) electrons. The normalized spacial score (nSPS) is 14.6. The first-order valence-corrected chi connectivity index (χ1v) is 11.4. The summed E-state index contributed by atoms with van der Waals surface area (Å²) < 4.78 is 31.8. The number of hydrogen-bond donors (Lipinski definition) is 2. The molecule has 10 heteroatoms. The summed E-state index contributed by atoms with van der Waals surface area (Å²) in [6, 6.07) is 6.76. The number of nitrogens with zero attached hydrogens (tertiary/aromatic N) is 2. The molecule has 0 spiro atoms. The Morgan fingerprint density at radius 2 is 2.07 bits per heavy atom. The summed E-state index contributed by atoms with van der Waals surface area (Å²) in [6.07, 6.45) is 0.536. The maximum atomic E-state index is 12.4. The summed E-state index contributed by atoms with van der Waals surface area (Å²) in [5.41, 5.74) is 1.41. The summed E-state index contributed by atoms with van der Waals surface area (Å²) in [5, 5.41) is 5.47. The number of rotatable bonds is 6. The van der Waals surface area contributed by atoms with Gasteiger partial charge in [-0.1, -0.05) is 23.5 Å². The van der Waals surface area contributed by atoms with Crippen LogP contribution >= 0.6 is 11.3 Å². The largest absolute Gasteiger partial charge is 0.492 e. The van der Waals surface area contributed by atoms with Crippen LogP contribution in [0.5, 0.6) is 5.75 Å². The fourth-order valence-electron chi connectivity index (χ4n) is 2.84. The number of anilines is 2. The number of urea groups is 1. The molecule has 0 aliphatic carbocycles. The van der Waals surface area contributed by atoms with Crippen LogP contribution in [-0.4, -0.2) is 42.1 Å². The average Bonchev–Trinajstić information content (AvgIpc) is 3.04. The number of thiazole rings is 1. The van der Waals surface area contributed by atoms with E-state index in [9.17, 15) is 13.2 Å². The number of carbonyl (C=O) groups is 1. The number of nitrogens with one attached hydrogen (secondary N) is 2. The van der Waals surface area contributed by atoms with Crippen molar-refractivity contribution >= 4 is 38.2 Å². The molecule has 0 unspecified atom stereocenters. The number of sulfonamides is 1. The van der Waals surface area contributed by atoms with E-state index in [-0.39, 0.29) is 0 Å². The van der Waals surface area contributed by atoms with Gasteiger partial charge in [-0.15, -0.1) is 0 Å². The van der Waals surface area contributed by atoms with Crippen molar-refractivity contribution in [2.24, 2.45) is 0 Å². The summed E-state index contributed by atoms with van der Waals surface area (Å²) >= 11 is 1.30. The maximum Gasteiger partial charge on any atom is 0.325 e. The zero-order valence-electron chi connectivity index (χ0n) is 16.1. The molecule has 2 amide bonds. The van der Waals surface area contributed by atoms with Crippen LogP contribution in [0, 0.1) is 0 Å². The molecule has 3 rings (SSSR count). The van der Waals surface area contributed by atoms with Gasteiger partial charge in [0.25, 0.3) is 0 Å². The van der Waals surface area contributed by atoms with E-state index in [0.717, 1.165) is 10.6 Å². The van der Waals surface area contributed by atoms with Crippen molar-refractivity contribution in [3.05, 3.63) is 34.8 Å². The Morgan fingerprint density at radius 1 is 1.32 bits per heavy atom. The molecule has 0 fully saturated rings. The average molecular weight is 425 g/mol. The Kier molecular flexibility index (Phi) is 6.21. The lowest BCUT2D eigenvalue weighted by atomic mass is 10.2. The summed E-state index contributed by atoms with van der Waals surface area (Å²) in [5.74, 6) is 0.591. The molecular weight excluding hydrogens is 400 g/mol. The van der Waals surface area contributed by atoms with E-state index in [2.05, 4.69) is 15.6 Å². The lowest BCUT2D eigenvalue weighted by Gasteiger charge is -2.26. The third-order valence-electron chi connectivity index (χ3n) is 4.31. The quantitative estimate of drug-likeness (QED) is 0.741. The summed E-state index contributed by atoms with van der Waals surface area (Å²) in [4.78, 5) is 17.7. The Balaban J connectivity index is 1.68. The first-order chi connectivity index (χ1) is 13.3. The van der Waals surface area contributed by atoms with Gasteiger partial charge in [-0.3, -0.25) is 5.32 Å². The third kappa shape index (κ3) is 4.45. The zero-order chi connectivity index (χ0) is 20.3. The van der Waals surface area contributed by atoms with Crippen molar-refractivity contribution in [3.8, 4) is 5.75 Å². The molecule has 0 saturated heterocycles. The second-order valence-corrected chi connectivity index (χ2v) is 10.1. The van der Waals surface area contributed by atoms with Gasteiger partial charge in [0, 0.05) is 24.4 Å². The van der Waals surface area contributed by atoms with Crippen LogP contribution in [0.4, 0.5) is 15.6 Å². The fraction of sp³-hybridized carbons (Fsp3) is 0.444. The summed E-state index contributed by atoms with van der Waals surface area (Å²) in [6.45, 7) is 6.42. The number of ether oxygens (including phenoxy) is 1. The monoisotopic (exact) mass is 424 g/mol. The van der Waals surface area contributed by atoms with Gasteiger partial charge in [0.05, 0.1) is 23.2 Å². The number of hydrogen-bond acceptors (Lipinski definition) is 6. The van der Waals surface area contributed by atoms with Crippen LogP contribution in [-0.2, 0) is 23.0 Å². The molecule has 1 aliphatic rings. The van der Waals surface area contributed by atoms with Gasteiger partial charge in [0.2, 0.25) is 10.0 Å². The van der Waals surface area contributed by atoms with Gasteiger partial charge < -0.3 is 10.1 Å². The molecule has 8 nitrogen and oxygen atoms in total. The molecule has 2 aromatic rings. The lowest BCUT2D eigenvalue weighted by molar-refractivity contribution is 0.262. The van der Waals surface area contributed by atoms with Gasteiger partial charge in [0.1, 0.15) is 5.75 Å². The molecule has 2 N–H and O–H groups in total. The van der Waals surface area contributed by atoms with Crippen LogP contribution < -0.4 is 15.4 Å². The van der Waals surface area contributed by atoms with Crippen molar-refractivity contribution in [1.29, 1.82) is 0 Å². The number of carbonyl (C=O) groups excluding carboxylic acids is 1. The molecule has 1 aromatic carbocycles. The molecule has 0 atom stereocenters. The van der Waals surface area contributed by atoms with E-state index < -0.39 is 21.3 Å². The highest BCUT2D eigenvalue weighted by molar-refractivity contribution is 7.89. The number of fused-ring (bicyclic) bond motifs is 1. The third-order valence-corrected chi connectivity index (χ3v) is 7.53. The van der Waals surface area contributed by atoms with E-state index in [1.54, 1.807) is 26.0 Å². The predicted molar refractivity (Wildman–Crippen MR) is 111 cm³/mol. The van der Waals surface area contributed by atoms with E-state index in [0.29, 0.717) is 42.7 Å². The first kappa shape index (κ1) is 20.6. The fourth-order valence-corrected chi connectivity index (χ4v) is 5.19. The molecule has 0 bridgehead atoms. The number of aromatic nitrogens is 1. The molecule has 1 aromatic heterocycles. The number of benzene rings is 1. The second kappa shape index (κ2) is 8.46. The Labute approximate surface area is 169 Å². The van der Waals surface area contributed by atoms with Crippen LogP contribution in [0.2, 0.25) is 0 Å². The van der Waals surface area contributed by atoms with Crippen LogP contribution in [0.15, 0.2) is 24.3 Å². The van der Waals surface area contributed by atoms with Crippen molar-refractivity contribution in [2.45, 2.75) is 39.0 Å². The molecule has 1 aliphatic heterocycles. The van der Waals surface area contributed by atoms with E-state index >= 15 is 0 Å². The highest BCUT2D eigenvalue weighted by atomic mass is 32.2. The van der Waals surface area contributed by atoms with Gasteiger partial charge in [-0.25, -0.2) is 18.2 Å². The predicted octanol–water partition coefficient (Wildman–Crippen LogP) is 3.28. The minimum absolute atomic E-state index is 0.296. The number of para-hydroxylation sites is 2.